The lowest BCUT2D eigenvalue weighted by atomic mass is 9.99. The molecule has 0 fully saturated rings. The normalized spacial score (nSPS) is 10.2. The topological polar surface area (TPSA) is 20.2 Å². The van der Waals surface area contributed by atoms with Crippen LogP contribution in [0.25, 0.3) is 11.1 Å². The van der Waals surface area contributed by atoms with E-state index < -0.39 is 0 Å². The van der Waals surface area contributed by atoms with Gasteiger partial charge in [-0.2, -0.15) is 0 Å². The minimum atomic E-state index is 0.340. The van der Waals surface area contributed by atoms with E-state index in [4.69, 9.17) is 0 Å². The van der Waals surface area contributed by atoms with E-state index in [1.165, 1.54) is 0 Å². The summed E-state index contributed by atoms with van der Waals surface area (Å²) >= 11 is 0. The Morgan fingerprint density at radius 2 is 1.76 bits per heavy atom. The Morgan fingerprint density at radius 3 is 2.41 bits per heavy atom. The van der Waals surface area contributed by atoms with Crippen molar-refractivity contribution in [2.24, 2.45) is 0 Å². The van der Waals surface area contributed by atoms with Crippen LogP contribution in [0.2, 0.25) is 0 Å². The predicted octanol–water partition coefficient (Wildman–Crippen LogP) is 4.18. The van der Waals surface area contributed by atoms with Crippen molar-refractivity contribution in [3.63, 3.8) is 0 Å². The molecule has 0 aliphatic rings. The highest BCUT2D eigenvalue weighted by molar-refractivity contribution is 5.65. The summed E-state index contributed by atoms with van der Waals surface area (Å²) in [6, 6.07) is 15.9. The molecule has 2 aromatic rings. The van der Waals surface area contributed by atoms with Gasteiger partial charge in [0.05, 0.1) is 0 Å². The van der Waals surface area contributed by atoms with Crippen LogP contribution >= 0.6 is 0 Å². The van der Waals surface area contributed by atoms with E-state index in [1.807, 2.05) is 37.3 Å². The van der Waals surface area contributed by atoms with Gasteiger partial charge in [0.15, 0.2) is 0 Å². The van der Waals surface area contributed by atoms with E-state index in [2.05, 4.69) is 18.7 Å². The number of phenolic OH excluding ortho intramolecular Hbond substituents is 1. The summed E-state index contributed by atoms with van der Waals surface area (Å²) in [4.78, 5) is 0. The van der Waals surface area contributed by atoms with Crippen molar-refractivity contribution >= 4 is 0 Å². The number of hydrogen-bond acceptors (Lipinski definition) is 1. The number of rotatable bonds is 3. The molecule has 0 saturated carbocycles. The van der Waals surface area contributed by atoms with Crippen LogP contribution in [-0.4, -0.2) is 5.11 Å². The number of allylic oxidation sites excluding steroid dienone is 1. The molecule has 0 atom stereocenters. The first-order chi connectivity index (χ1) is 8.16. The fourth-order valence-electron chi connectivity index (χ4n) is 1.86. The molecule has 1 nitrogen and oxygen atoms in total. The van der Waals surface area contributed by atoms with Gasteiger partial charge in [-0.3, -0.25) is 0 Å². The predicted molar refractivity (Wildman–Crippen MR) is 72.1 cm³/mol. The van der Waals surface area contributed by atoms with Crippen LogP contribution in [0.4, 0.5) is 0 Å². The zero-order valence-electron chi connectivity index (χ0n) is 9.98. The lowest BCUT2D eigenvalue weighted by Gasteiger charge is -2.08. The second-order valence-corrected chi connectivity index (χ2v) is 4.34. The maximum Gasteiger partial charge on any atom is 0.119 e. The van der Waals surface area contributed by atoms with Gasteiger partial charge in [-0.05, 0) is 42.2 Å². The maximum absolute atomic E-state index is 9.79. The minimum absolute atomic E-state index is 0.340. The third-order valence-electron chi connectivity index (χ3n) is 2.68. The summed E-state index contributed by atoms with van der Waals surface area (Å²) in [5.74, 6) is 0.340. The molecule has 1 N–H and O–H groups in total. The van der Waals surface area contributed by atoms with Crippen molar-refractivity contribution in [1.29, 1.82) is 0 Å². The molecule has 0 aliphatic carbocycles. The van der Waals surface area contributed by atoms with Gasteiger partial charge >= 0.3 is 0 Å². The molecular formula is C16H16O. The van der Waals surface area contributed by atoms with Crippen molar-refractivity contribution in [2.75, 3.05) is 0 Å². The van der Waals surface area contributed by atoms with E-state index >= 15 is 0 Å². The Balaban J connectivity index is 2.41. The van der Waals surface area contributed by atoms with E-state index in [9.17, 15) is 5.11 Å². The van der Waals surface area contributed by atoms with Gasteiger partial charge in [-0.25, -0.2) is 0 Å². The van der Waals surface area contributed by atoms with Gasteiger partial charge in [-0.15, -0.1) is 0 Å². The number of benzene rings is 2. The highest BCUT2D eigenvalue weighted by Gasteiger charge is 2.04. The van der Waals surface area contributed by atoms with Gasteiger partial charge in [0.2, 0.25) is 0 Å². The lowest BCUT2D eigenvalue weighted by Crippen LogP contribution is -1.88. The molecule has 0 unspecified atom stereocenters. The second-order valence-electron chi connectivity index (χ2n) is 4.34. The largest absolute Gasteiger partial charge is 0.508 e. The quantitative estimate of drug-likeness (QED) is 0.775. The molecule has 2 aromatic carbocycles. The number of aromatic hydroxyl groups is 1. The molecule has 0 amide bonds. The third-order valence-corrected chi connectivity index (χ3v) is 2.68. The summed E-state index contributed by atoms with van der Waals surface area (Å²) in [5, 5.41) is 9.79. The average Bonchev–Trinajstić information content (AvgIpc) is 2.32. The Morgan fingerprint density at radius 1 is 1.06 bits per heavy atom. The molecule has 86 valence electrons. The van der Waals surface area contributed by atoms with E-state index in [0.29, 0.717) is 12.2 Å². The minimum Gasteiger partial charge on any atom is -0.508 e. The van der Waals surface area contributed by atoms with Crippen molar-refractivity contribution < 1.29 is 5.11 Å². The van der Waals surface area contributed by atoms with Crippen LogP contribution in [0.5, 0.6) is 5.75 Å². The first kappa shape index (κ1) is 11.5. The number of hydrogen-bond donors (Lipinski definition) is 1. The average molecular weight is 224 g/mol. The highest BCUT2D eigenvalue weighted by atomic mass is 16.3. The summed E-state index contributed by atoms with van der Waals surface area (Å²) in [7, 11) is 0. The smallest absolute Gasteiger partial charge is 0.119 e. The summed E-state index contributed by atoms with van der Waals surface area (Å²) in [6.45, 7) is 5.85. The van der Waals surface area contributed by atoms with Gasteiger partial charge in [0.1, 0.15) is 5.75 Å². The van der Waals surface area contributed by atoms with Crippen LogP contribution in [0.15, 0.2) is 60.7 Å². The molecule has 0 bridgehead atoms. The molecule has 1 heteroatoms. The molecule has 0 spiro atoms. The van der Waals surface area contributed by atoms with E-state index in [0.717, 1.165) is 22.3 Å². The SMILES string of the molecule is C=C(C)Cc1cc(-c2ccccc2)ccc1O. The summed E-state index contributed by atoms with van der Waals surface area (Å²) in [5.41, 5.74) is 4.26. The Labute approximate surface area is 102 Å². The molecule has 0 radical (unpaired) electrons. The zero-order valence-corrected chi connectivity index (χ0v) is 9.98. The highest BCUT2D eigenvalue weighted by Crippen LogP contribution is 2.27. The van der Waals surface area contributed by atoms with Gasteiger partial charge in [0, 0.05) is 0 Å². The molecule has 0 saturated heterocycles. The molecule has 17 heavy (non-hydrogen) atoms. The van der Waals surface area contributed by atoms with Crippen LogP contribution in [0.3, 0.4) is 0 Å². The summed E-state index contributed by atoms with van der Waals surface area (Å²) in [6.07, 6.45) is 0.715. The van der Waals surface area contributed by atoms with Crippen LogP contribution in [0.1, 0.15) is 12.5 Å². The fourth-order valence-corrected chi connectivity index (χ4v) is 1.86. The zero-order chi connectivity index (χ0) is 12.3. The van der Waals surface area contributed by atoms with Crippen molar-refractivity contribution in [3.8, 4) is 16.9 Å². The van der Waals surface area contributed by atoms with Gasteiger partial charge < -0.3 is 5.11 Å². The molecular weight excluding hydrogens is 208 g/mol. The van der Waals surface area contributed by atoms with Crippen molar-refractivity contribution in [2.45, 2.75) is 13.3 Å². The van der Waals surface area contributed by atoms with Crippen molar-refractivity contribution in [3.05, 3.63) is 66.2 Å². The molecule has 0 aromatic heterocycles. The van der Waals surface area contributed by atoms with E-state index in [1.54, 1.807) is 6.07 Å². The van der Waals surface area contributed by atoms with Gasteiger partial charge in [-0.1, -0.05) is 48.6 Å². The standard InChI is InChI=1S/C16H16O/c1-12(2)10-15-11-14(8-9-16(15)17)13-6-4-3-5-7-13/h3-9,11,17H,1,10H2,2H3. The third kappa shape index (κ3) is 2.76. The summed E-state index contributed by atoms with van der Waals surface area (Å²) < 4.78 is 0. The first-order valence-corrected chi connectivity index (χ1v) is 5.68. The van der Waals surface area contributed by atoms with Gasteiger partial charge in [0.25, 0.3) is 0 Å². The molecule has 0 aliphatic heterocycles. The second kappa shape index (κ2) is 4.88. The Kier molecular flexibility index (Phi) is 3.29. The number of phenols is 1. The molecule has 0 heterocycles. The van der Waals surface area contributed by atoms with Crippen LogP contribution in [-0.2, 0) is 6.42 Å². The lowest BCUT2D eigenvalue weighted by molar-refractivity contribution is 0.469. The van der Waals surface area contributed by atoms with Crippen LogP contribution in [0, 0.1) is 0 Å². The first-order valence-electron chi connectivity index (χ1n) is 5.68. The van der Waals surface area contributed by atoms with Crippen LogP contribution < -0.4 is 0 Å². The fraction of sp³-hybridized carbons (Fsp3) is 0.125. The monoisotopic (exact) mass is 224 g/mol. The Hall–Kier alpha value is -2.02. The molecule has 2 rings (SSSR count). The van der Waals surface area contributed by atoms with Crippen molar-refractivity contribution in [1.82, 2.24) is 0 Å². The maximum atomic E-state index is 9.79. The Bertz CT molecular complexity index is 526. The van der Waals surface area contributed by atoms with E-state index in [-0.39, 0.29) is 0 Å².